The lowest BCUT2D eigenvalue weighted by atomic mass is 9.90. The Morgan fingerprint density at radius 1 is 0.636 bits per heavy atom. The fourth-order valence-corrected chi connectivity index (χ4v) is 13.5. The minimum Gasteiger partial charge on any atom is -0.458 e. The number of carbonyl (C=O) groups excluding carboxylic acids is 14. The molecule has 13 N–H and O–H groups in total. The van der Waals surface area contributed by atoms with Gasteiger partial charge in [0.15, 0.2) is 5.78 Å². The van der Waals surface area contributed by atoms with Crippen LogP contribution in [-0.2, 0) is 78.3 Å². The molecule has 110 heavy (non-hydrogen) atoms. The number of Topliss-reactive ketones (excluding diaryl/α,β-unsaturated/α-hetero) is 1. The number of hydrogen-bond donors (Lipinski definition) is 12. The summed E-state index contributed by atoms with van der Waals surface area (Å²) in [5.41, 5.74) is 6.27. The number of carbonyl (C=O) groups is 14. The lowest BCUT2D eigenvalue weighted by molar-refractivity contribution is -0.157. The number of cyclic esters (lactones) is 1. The number of nitrogens with one attached hydrogen (secondary N) is 10. The normalized spacial score (nSPS) is 22.2. The highest BCUT2D eigenvalue weighted by molar-refractivity contribution is 6.03. The molecule has 0 bridgehead atoms. The number of rotatable bonds is 37. The zero-order valence-corrected chi connectivity index (χ0v) is 69.4. The maximum absolute atomic E-state index is 15.2. The minimum atomic E-state index is -1.81. The van der Waals surface area contributed by atoms with E-state index >= 15 is 14.4 Å². The van der Waals surface area contributed by atoms with Gasteiger partial charge in [0, 0.05) is 37.8 Å². The molecule has 29 nitrogen and oxygen atoms in total. The average Bonchev–Trinajstić information content (AvgIpc) is 1.26. The first kappa shape index (κ1) is 95.9. The second-order valence-electron chi connectivity index (χ2n) is 32.5. The number of amides is 12. The van der Waals surface area contributed by atoms with Crippen LogP contribution in [0.25, 0.3) is 0 Å². The van der Waals surface area contributed by atoms with Crippen LogP contribution in [0.2, 0.25) is 0 Å². The van der Waals surface area contributed by atoms with E-state index in [9.17, 15) is 57.8 Å². The predicted octanol–water partition coefficient (Wildman–Crippen LogP) is 4.83. The number of unbranched alkanes of at least 4 members (excludes halogenated alkanes) is 2. The van der Waals surface area contributed by atoms with Crippen LogP contribution in [0.1, 0.15) is 228 Å². The van der Waals surface area contributed by atoms with E-state index < -0.39 is 209 Å². The topological polar surface area (TPSA) is 421 Å². The third-order valence-electron chi connectivity index (χ3n) is 20.8. The second kappa shape index (κ2) is 46.5. The third kappa shape index (κ3) is 28.8. The van der Waals surface area contributed by atoms with Crippen molar-refractivity contribution in [2.75, 3.05) is 13.1 Å². The van der Waals surface area contributed by atoms with Crippen molar-refractivity contribution in [3.05, 3.63) is 47.7 Å². The number of esters is 1. The molecule has 620 valence electrons. The molecule has 1 aromatic rings. The first-order valence-corrected chi connectivity index (χ1v) is 40.1. The van der Waals surface area contributed by atoms with Crippen molar-refractivity contribution >= 4 is 82.6 Å². The molecule has 2 fully saturated rings. The molecule has 2 aliphatic heterocycles. The number of benzene rings is 1. The molecular weight excluding hydrogens is 1410 g/mol. The molecule has 2 saturated heterocycles. The van der Waals surface area contributed by atoms with Crippen molar-refractivity contribution in [3.8, 4) is 0 Å². The fourth-order valence-electron chi connectivity index (χ4n) is 13.5. The Labute approximate surface area is 653 Å². The van der Waals surface area contributed by atoms with E-state index in [2.05, 4.69) is 53.2 Å². The molecule has 0 spiro atoms. The Balaban J connectivity index is 2.06. The van der Waals surface area contributed by atoms with E-state index in [1.165, 1.54) is 36.6 Å². The van der Waals surface area contributed by atoms with Gasteiger partial charge in [-0.25, -0.2) is 4.79 Å². The number of nitrogens with two attached hydrogens (primary N) is 1. The number of allylic oxidation sites excluding steroid dienone is 1. The smallest absolute Gasteiger partial charge is 0.329 e. The number of likely N-dealkylation sites (tertiary alicyclic amines) is 1. The predicted molar refractivity (Wildman–Crippen MR) is 420 cm³/mol. The Bertz CT molecular complexity index is 3290. The number of hydrogen-bond acceptors (Lipinski definition) is 17. The van der Waals surface area contributed by atoms with Gasteiger partial charge >= 0.3 is 5.97 Å². The molecule has 0 radical (unpaired) electrons. The molecule has 29 heteroatoms. The Kier molecular flexibility index (Phi) is 40.5. The number of aliphatic hydroxyl groups is 1. The summed E-state index contributed by atoms with van der Waals surface area (Å²) < 4.78 is 6.00. The van der Waals surface area contributed by atoms with Gasteiger partial charge < -0.3 is 78.5 Å². The number of nitrogens with zero attached hydrogens (tertiary/aromatic N) is 2. The number of aliphatic hydroxyl groups excluding tert-OH is 1. The Morgan fingerprint density at radius 3 is 1.75 bits per heavy atom. The summed E-state index contributed by atoms with van der Waals surface area (Å²) in [5.74, 6) is -15.3. The fraction of sp³-hybridized carbons (Fsp3) is 0.728. The van der Waals surface area contributed by atoms with Crippen LogP contribution in [0.4, 0.5) is 0 Å². The molecule has 0 saturated carbocycles. The van der Waals surface area contributed by atoms with Crippen molar-refractivity contribution in [1.29, 1.82) is 0 Å². The van der Waals surface area contributed by atoms with Gasteiger partial charge in [0.1, 0.15) is 72.2 Å². The van der Waals surface area contributed by atoms with Gasteiger partial charge in [-0.2, -0.15) is 0 Å². The maximum atomic E-state index is 15.2. The van der Waals surface area contributed by atoms with Crippen LogP contribution in [0.15, 0.2) is 42.1 Å². The summed E-state index contributed by atoms with van der Waals surface area (Å²) >= 11 is 0. The largest absolute Gasteiger partial charge is 0.458 e. The Hall–Kier alpha value is -8.34. The van der Waals surface area contributed by atoms with Crippen molar-refractivity contribution in [2.24, 2.45) is 59.0 Å². The van der Waals surface area contributed by atoms with Gasteiger partial charge in [-0.15, -0.1) is 0 Å². The lowest BCUT2D eigenvalue weighted by Gasteiger charge is -2.39. The van der Waals surface area contributed by atoms with Crippen molar-refractivity contribution in [3.63, 3.8) is 0 Å². The number of ketones is 1. The summed E-state index contributed by atoms with van der Waals surface area (Å²) in [5, 5.41) is 38.9. The van der Waals surface area contributed by atoms with E-state index in [1.807, 2.05) is 13.8 Å². The van der Waals surface area contributed by atoms with E-state index in [0.717, 1.165) is 6.42 Å². The van der Waals surface area contributed by atoms with Crippen molar-refractivity contribution < 1.29 is 77.0 Å². The molecular formula is C81H135N13O16. The van der Waals surface area contributed by atoms with E-state index in [0.29, 0.717) is 56.6 Å². The van der Waals surface area contributed by atoms with Gasteiger partial charge in [-0.1, -0.05) is 179 Å². The van der Waals surface area contributed by atoms with E-state index in [1.54, 1.807) is 141 Å². The monoisotopic (exact) mass is 1550 g/mol. The van der Waals surface area contributed by atoms with Gasteiger partial charge in [0.2, 0.25) is 65.0 Å². The van der Waals surface area contributed by atoms with E-state index in [4.69, 9.17) is 10.5 Å². The van der Waals surface area contributed by atoms with Crippen molar-refractivity contribution in [2.45, 2.75) is 314 Å². The lowest BCUT2D eigenvalue weighted by Crippen LogP contribution is -2.64. The van der Waals surface area contributed by atoms with Crippen LogP contribution >= 0.6 is 0 Å². The summed E-state index contributed by atoms with van der Waals surface area (Å²) in [6.45, 7) is 35.9. The van der Waals surface area contributed by atoms with Crippen LogP contribution in [0, 0.1) is 53.3 Å². The molecule has 2 heterocycles. The first-order valence-electron chi connectivity index (χ1n) is 40.1. The maximum Gasteiger partial charge on any atom is 0.329 e. The third-order valence-corrected chi connectivity index (χ3v) is 20.8. The summed E-state index contributed by atoms with van der Waals surface area (Å²) in [7, 11) is 0. The highest BCUT2D eigenvalue weighted by Gasteiger charge is 2.46. The molecule has 0 aliphatic carbocycles. The minimum absolute atomic E-state index is 0.0317. The van der Waals surface area contributed by atoms with Crippen molar-refractivity contribution in [1.82, 2.24) is 63.0 Å². The zero-order valence-electron chi connectivity index (χ0n) is 69.4. The second-order valence-corrected chi connectivity index (χ2v) is 32.5. The van der Waals surface area contributed by atoms with Crippen LogP contribution in [0.5, 0.6) is 0 Å². The van der Waals surface area contributed by atoms with Gasteiger partial charge in [0.05, 0.1) is 12.1 Å². The molecule has 16 atom stereocenters. The Morgan fingerprint density at radius 2 is 1.22 bits per heavy atom. The molecule has 1 aromatic carbocycles. The van der Waals surface area contributed by atoms with Gasteiger partial charge in [0.25, 0.3) is 5.91 Å². The highest BCUT2D eigenvalue weighted by atomic mass is 16.5. The first-order chi connectivity index (χ1) is 51.6. The quantitative estimate of drug-likeness (QED) is 0.0241. The number of ether oxygens (including phenoxy) is 1. The summed E-state index contributed by atoms with van der Waals surface area (Å²) in [4.78, 5) is 207. The van der Waals surface area contributed by atoms with Gasteiger partial charge in [-0.05, 0) is 126 Å². The molecule has 0 aromatic heterocycles. The summed E-state index contributed by atoms with van der Waals surface area (Å²) in [6.07, 6.45) is 2.45. The van der Waals surface area contributed by atoms with Crippen LogP contribution in [-0.4, -0.2) is 195 Å². The molecule has 12 amide bonds. The van der Waals surface area contributed by atoms with Crippen LogP contribution < -0.4 is 58.9 Å². The summed E-state index contributed by atoms with van der Waals surface area (Å²) in [6, 6.07) is -6.63. The standard InChI is InChI=1S/C81H135N13O16/c1-22-50(18)66(76(104)92-68-53(21)110-81(109)65(48(14)15)89-71(99)56(24-3)83-72(100)57(41-54-34-27-25-28-35-54)84-73(101)61(44(6)7)86-75(103)67(51(19)23-2)91-77(68)105)90-70(98)55(36-29-26-30-39-82)42-59(96)58-37-32-40-93(58)79(107)63(46(10)11)88-74(102)62(45(8)9)87-78(106)69(52(20)95)94(49(16)17)80(108)64(47(12)13)85-60(97)38-31-33-43(4)5/h24-25,27-28,34-35,43-53,55,57-58,61-69,95H,22-23,26,29-33,36-42,82H2,1-21H3,(H,83,100)(H,84,101)(H,85,97)(H,86,103)(H,87,106)(H,88,102)(H,89,99)(H,90,98)(H,91,105)(H,92,104)/b56-24-/t50-,51-,52+,53-,55+,57-,58+,61+,62-,63+,64+,65-,66+,67+,68+,69-/m0/s1. The average molecular weight is 1550 g/mol. The zero-order chi connectivity index (χ0) is 83.3. The molecule has 3 rings (SSSR count). The molecule has 0 unspecified atom stereocenters. The SMILES string of the molecule is C/C=C1\NC(=O)[C@H](Cc2ccccc2)NC(=O)[C@@H](C(C)C)NC(=O)[C@@H]([C@@H](C)CC)NC(=O)[C@H](NC(=O)[C@H](NC(=O)[C@H](CCCCCN)CC(=O)[C@H]2CCCN2C(=O)[C@H](NC(=O)[C@@H](NC(=O)[C@H]([C@@H](C)O)N(C(=O)[C@H](NC(=O)CCCC(C)C)C(C)C)C(C)C)C(C)C)C(C)C)[C@@H](C)CC)[C@H](C)OC(=O)[C@H](C(C)C)NC1=O. The highest BCUT2D eigenvalue weighted by Crippen LogP contribution is 2.27. The van der Waals surface area contributed by atoms with Gasteiger partial charge in [-0.3, -0.25) is 62.3 Å². The molecule has 2 aliphatic rings. The van der Waals surface area contributed by atoms with E-state index in [-0.39, 0.29) is 56.7 Å². The van der Waals surface area contributed by atoms with Crippen LogP contribution in [0.3, 0.4) is 0 Å².